The summed E-state index contributed by atoms with van der Waals surface area (Å²) in [7, 11) is 3.14. The number of methoxy groups -OCH3 is 2. The van der Waals surface area contributed by atoms with E-state index in [1.165, 1.54) is 11.8 Å². The lowest BCUT2D eigenvalue weighted by Crippen LogP contribution is -2.23. The van der Waals surface area contributed by atoms with Crippen LogP contribution in [-0.2, 0) is 4.79 Å². The lowest BCUT2D eigenvalue weighted by Gasteiger charge is -2.15. The minimum absolute atomic E-state index is 0.167. The Balaban J connectivity index is 1.62. The fourth-order valence-corrected chi connectivity index (χ4v) is 4.18. The number of amides is 1. The first-order valence-corrected chi connectivity index (χ1v) is 10.3. The molecule has 30 heavy (non-hydrogen) atoms. The van der Waals surface area contributed by atoms with Gasteiger partial charge in [0.15, 0.2) is 10.8 Å². The van der Waals surface area contributed by atoms with E-state index in [-0.39, 0.29) is 5.91 Å². The maximum atomic E-state index is 12.9. The van der Waals surface area contributed by atoms with Crippen molar-refractivity contribution < 1.29 is 14.3 Å². The Bertz CT molecular complexity index is 1240. The van der Waals surface area contributed by atoms with Gasteiger partial charge in [-0.2, -0.15) is 0 Å². The third-order valence-corrected chi connectivity index (χ3v) is 5.93. The predicted octanol–water partition coefficient (Wildman–Crippen LogP) is 4.33. The number of carbonyl (C=O) groups excluding carboxylic acids is 1. The van der Waals surface area contributed by atoms with Gasteiger partial charge in [-0.05, 0) is 43.7 Å². The van der Waals surface area contributed by atoms with Crippen molar-refractivity contribution in [2.75, 3.05) is 19.5 Å². The molecule has 0 fully saturated rings. The minimum atomic E-state index is -0.409. The Labute approximate surface area is 178 Å². The van der Waals surface area contributed by atoms with Gasteiger partial charge in [0.05, 0.1) is 30.7 Å². The fourth-order valence-electron chi connectivity index (χ4n) is 3.31. The summed E-state index contributed by atoms with van der Waals surface area (Å²) in [5.74, 6) is 1.03. The molecule has 2 aromatic heterocycles. The molecule has 2 heterocycles. The number of rotatable bonds is 6. The average molecular weight is 423 g/mol. The predicted molar refractivity (Wildman–Crippen MR) is 119 cm³/mol. The van der Waals surface area contributed by atoms with Gasteiger partial charge in [0, 0.05) is 11.5 Å². The standard InChI is InChI=1S/C22H22N4O3S/c1-13-11-20-24-25-22(26(20)18-8-6-5-7-16(13)18)30-14(2)21(27)23-17-12-15(28-3)9-10-19(17)29-4/h5-12,14H,1-4H3,(H,23,27). The van der Waals surface area contributed by atoms with E-state index in [4.69, 9.17) is 9.47 Å². The molecule has 0 aliphatic carbocycles. The van der Waals surface area contributed by atoms with Crippen LogP contribution in [-0.4, -0.2) is 40.0 Å². The Morgan fingerprint density at radius 1 is 1.10 bits per heavy atom. The van der Waals surface area contributed by atoms with Crippen LogP contribution in [0.3, 0.4) is 0 Å². The Hall–Kier alpha value is -3.26. The zero-order valence-electron chi connectivity index (χ0n) is 17.2. The van der Waals surface area contributed by atoms with E-state index < -0.39 is 5.25 Å². The van der Waals surface area contributed by atoms with Crippen LogP contribution < -0.4 is 14.8 Å². The molecule has 1 amide bonds. The van der Waals surface area contributed by atoms with Gasteiger partial charge in [0.25, 0.3) is 0 Å². The number of hydrogen-bond donors (Lipinski definition) is 1. The van der Waals surface area contributed by atoms with Gasteiger partial charge in [0.1, 0.15) is 11.5 Å². The van der Waals surface area contributed by atoms with Crippen molar-refractivity contribution in [2.45, 2.75) is 24.3 Å². The highest BCUT2D eigenvalue weighted by atomic mass is 32.2. The topological polar surface area (TPSA) is 77.8 Å². The largest absolute Gasteiger partial charge is 0.497 e. The molecule has 0 bridgehead atoms. The van der Waals surface area contributed by atoms with E-state index in [9.17, 15) is 4.79 Å². The molecule has 2 aromatic carbocycles. The number of thioether (sulfide) groups is 1. The van der Waals surface area contributed by atoms with Crippen LogP contribution in [0.1, 0.15) is 12.5 Å². The first-order chi connectivity index (χ1) is 14.5. The van der Waals surface area contributed by atoms with Gasteiger partial charge < -0.3 is 14.8 Å². The summed E-state index contributed by atoms with van der Waals surface area (Å²) in [5.41, 5.74) is 3.47. The second-order valence-corrected chi connectivity index (χ2v) is 8.14. The molecular weight excluding hydrogens is 400 g/mol. The molecule has 1 unspecified atom stereocenters. The van der Waals surface area contributed by atoms with E-state index in [2.05, 4.69) is 28.5 Å². The molecule has 1 atom stereocenters. The van der Waals surface area contributed by atoms with Crippen LogP contribution in [0.4, 0.5) is 5.69 Å². The van der Waals surface area contributed by atoms with E-state index in [0.29, 0.717) is 22.3 Å². The minimum Gasteiger partial charge on any atom is -0.497 e. The smallest absolute Gasteiger partial charge is 0.237 e. The molecule has 0 spiro atoms. The zero-order chi connectivity index (χ0) is 21.3. The third kappa shape index (κ3) is 3.66. The van der Waals surface area contributed by atoms with Crippen LogP contribution >= 0.6 is 11.8 Å². The number of carbonyl (C=O) groups is 1. The van der Waals surface area contributed by atoms with Crippen molar-refractivity contribution in [2.24, 2.45) is 0 Å². The number of para-hydroxylation sites is 1. The SMILES string of the molecule is COc1ccc(OC)c(NC(=O)C(C)Sc2nnc3cc(C)c4ccccc4n23)c1. The lowest BCUT2D eigenvalue weighted by atomic mass is 10.1. The monoisotopic (exact) mass is 422 g/mol. The molecule has 4 rings (SSSR count). The molecule has 154 valence electrons. The molecule has 4 aromatic rings. The number of hydrogen-bond acceptors (Lipinski definition) is 6. The maximum absolute atomic E-state index is 12.9. The van der Waals surface area contributed by atoms with Gasteiger partial charge in [-0.25, -0.2) is 0 Å². The molecule has 0 aliphatic heterocycles. The molecule has 8 heteroatoms. The Morgan fingerprint density at radius 3 is 2.67 bits per heavy atom. The first-order valence-electron chi connectivity index (χ1n) is 9.45. The zero-order valence-corrected chi connectivity index (χ0v) is 18.0. The fraction of sp³-hybridized carbons (Fsp3) is 0.227. The number of aromatic nitrogens is 3. The number of benzene rings is 2. The van der Waals surface area contributed by atoms with Gasteiger partial charge in [-0.3, -0.25) is 9.20 Å². The van der Waals surface area contributed by atoms with Crippen molar-refractivity contribution in [3.05, 3.63) is 54.1 Å². The number of ether oxygens (including phenoxy) is 2. The summed E-state index contributed by atoms with van der Waals surface area (Å²) in [6.45, 7) is 3.89. The number of nitrogens with zero attached hydrogens (tertiary/aromatic N) is 3. The van der Waals surface area contributed by atoms with Gasteiger partial charge in [0.2, 0.25) is 5.91 Å². The second kappa shape index (κ2) is 8.23. The van der Waals surface area contributed by atoms with Gasteiger partial charge in [-0.15, -0.1) is 10.2 Å². The van der Waals surface area contributed by atoms with Crippen molar-refractivity contribution in [3.63, 3.8) is 0 Å². The highest BCUT2D eigenvalue weighted by molar-refractivity contribution is 8.00. The Morgan fingerprint density at radius 2 is 1.90 bits per heavy atom. The number of pyridine rings is 1. The van der Waals surface area contributed by atoms with Crippen molar-refractivity contribution in [1.29, 1.82) is 0 Å². The van der Waals surface area contributed by atoms with Crippen LogP contribution in [0.5, 0.6) is 11.5 Å². The molecule has 0 saturated heterocycles. The molecule has 0 saturated carbocycles. The number of fused-ring (bicyclic) bond motifs is 3. The van der Waals surface area contributed by atoms with E-state index in [1.807, 2.05) is 35.6 Å². The maximum Gasteiger partial charge on any atom is 0.237 e. The normalized spacial score (nSPS) is 12.1. The van der Waals surface area contributed by atoms with Crippen molar-refractivity contribution in [1.82, 2.24) is 14.6 Å². The van der Waals surface area contributed by atoms with Crippen LogP contribution in [0.25, 0.3) is 16.6 Å². The molecular formula is C22H22N4O3S. The molecule has 0 aliphatic rings. The summed E-state index contributed by atoms with van der Waals surface area (Å²) in [6.07, 6.45) is 0. The van der Waals surface area contributed by atoms with Crippen molar-refractivity contribution in [3.8, 4) is 11.5 Å². The molecule has 1 N–H and O–H groups in total. The summed E-state index contributed by atoms with van der Waals surface area (Å²) in [6, 6.07) is 15.4. The lowest BCUT2D eigenvalue weighted by molar-refractivity contribution is -0.115. The van der Waals surface area contributed by atoms with Gasteiger partial charge >= 0.3 is 0 Å². The highest BCUT2D eigenvalue weighted by Crippen LogP contribution is 2.31. The summed E-state index contributed by atoms with van der Waals surface area (Å²) < 4.78 is 12.6. The summed E-state index contributed by atoms with van der Waals surface area (Å²) >= 11 is 1.36. The third-order valence-electron chi connectivity index (χ3n) is 4.89. The van der Waals surface area contributed by atoms with Gasteiger partial charge in [-0.1, -0.05) is 30.0 Å². The van der Waals surface area contributed by atoms with Crippen LogP contribution in [0.2, 0.25) is 0 Å². The number of nitrogens with one attached hydrogen (secondary N) is 1. The average Bonchev–Trinajstić information content (AvgIpc) is 3.16. The number of anilines is 1. The van der Waals surface area contributed by atoms with Crippen molar-refractivity contribution >= 4 is 39.9 Å². The van der Waals surface area contributed by atoms with E-state index >= 15 is 0 Å². The molecule has 7 nitrogen and oxygen atoms in total. The van der Waals surface area contributed by atoms with Crippen LogP contribution in [0, 0.1) is 6.92 Å². The highest BCUT2D eigenvalue weighted by Gasteiger charge is 2.21. The number of aryl methyl sites for hydroxylation is 1. The summed E-state index contributed by atoms with van der Waals surface area (Å²) in [5, 5.41) is 12.9. The van der Waals surface area contributed by atoms with E-state index in [1.54, 1.807) is 32.4 Å². The first kappa shape index (κ1) is 20.0. The second-order valence-electron chi connectivity index (χ2n) is 6.84. The van der Waals surface area contributed by atoms with E-state index in [0.717, 1.165) is 22.1 Å². The quantitative estimate of drug-likeness (QED) is 0.466. The Kier molecular flexibility index (Phi) is 5.50. The molecule has 0 radical (unpaired) electrons. The summed E-state index contributed by atoms with van der Waals surface area (Å²) in [4.78, 5) is 12.9. The van der Waals surface area contributed by atoms with Crippen LogP contribution in [0.15, 0.2) is 53.7 Å².